The van der Waals surface area contributed by atoms with E-state index in [0.717, 1.165) is 30.1 Å². The van der Waals surface area contributed by atoms with Gasteiger partial charge in [0, 0.05) is 13.4 Å². The molecule has 0 radical (unpaired) electrons. The fourth-order valence-corrected chi connectivity index (χ4v) is 9.25. The highest BCUT2D eigenvalue weighted by molar-refractivity contribution is 9.11. The minimum absolute atomic E-state index is 0.355. The van der Waals surface area contributed by atoms with E-state index in [2.05, 4.69) is 95.6 Å². The fraction of sp³-hybridized carbons (Fsp3) is 0.143. The average Bonchev–Trinajstić information content (AvgIpc) is 2.64. The minimum Gasteiger partial charge on any atom is -0.384 e. The normalized spacial score (nSPS) is 11.4. The summed E-state index contributed by atoms with van der Waals surface area (Å²) in [6.45, 7) is 5.53. The van der Waals surface area contributed by atoms with Crippen molar-refractivity contribution in [3.63, 3.8) is 0 Å². The van der Waals surface area contributed by atoms with Gasteiger partial charge in [-0.05, 0) is 122 Å². The number of phosphoric ester groups is 1. The van der Waals surface area contributed by atoms with Gasteiger partial charge in [0.25, 0.3) is 0 Å². The van der Waals surface area contributed by atoms with Gasteiger partial charge in [-0.3, -0.25) is 0 Å². The van der Waals surface area contributed by atoms with Crippen LogP contribution in [0.25, 0.3) is 0 Å². The second-order valence-corrected chi connectivity index (χ2v) is 13.6. The Morgan fingerprint density at radius 3 is 1.00 bits per heavy atom. The highest BCUT2D eigenvalue weighted by atomic mass is 79.9. The highest BCUT2D eigenvalue weighted by Crippen LogP contribution is 2.55. The van der Waals surface area contributed by atoms with E-state index in [1.54, 1.807) is 18.2 Å². The first-order valence-corrected chi connectivity index (χ1v) is 15.2. The summed E-state index contributed by atoms with van der Waals surface area (Å²) in [6, 6.07) is 11.0. The van der Waals surface area contributed by atoms with Crippen molar-refractivity contribution in [1.82, 2.24) is 0 Å². The van der Waals surface area contributed by atoms with Crippen molar-refractivity contribution in [3.8, 4) is 17.2 Å². The minimum atomic E-state index is -4.23. The predicted molar refractivity (Wildman–Crippen MR) is 149 cm³/mol. The quantitative estimate of drug-likeness (QED) is 0.232. The maximum absolute atomic E-state index is 14.1. The molecule has 0 saturated carbocycles. The molecule has 0 heterocycles. The summed E-state index contributed by atoms with van der Waals surface area (Å²) in [7, 11) is -4.23. The summed E-state index contributed by atoms with van der Waals surface area (Å²) < 4.78 is 36.5. The molecule has 0 atom stereocenters. The molecule has 3 aromatic rings. The molecule has 0 spiro atoms. The van der Waals surface area contributed by atoms with E-state index < -0.39 is 7.82 Å². The molecule has 0 fully saturated rings. The monoisotopic (exact) mass is 836 g/mol. The number of hydrogen-bond acceptors (Lipinski definition) is 4. The van der Waals surface area contributed by atoms with Crippen molar-refractivity contribution in [2.75, 3.05) is 0 Å². The predicted octanol–water partition coefficient (Wildman–Crippen LogP) is 10.8. The lowest BCUT2D eigenvalue weighted by molar-refractivity contribution is 0.294. The maximum Gasteiger partial charge on any atom is 0.647 e. The smallest absolute Gasteiger partial charge is 0.384 e. The van der Waals surface area contributed by atoms with E-state index in [4.69, 9.17) is 13.6 Å². The number of halogens is 6. The summed E-state index contributed by atoms with van der Waals surface area (Å²) in [5.41, 5.74) is 2.24. The summed E-state index contributed by atoms with van der Waals surface area (Å²) in [4.78, 5) is 0. The zero-order chi connectivity index (χ0) is 23.8. The average molecular weight is 842 g/mol. The zero-order valence-electron chi connectivity index (χ0n) is 16.8. The Balaban J connectivity index is 2.12. The van der Waals surface area contributed by atoms with Gasteiger partial charge in [0.05, 0.1) is 13.4 Å². The van der Waals surface area contributed by atoms with Crippen molar-refractivity contribution in [1.29, 1.82) is 0 Å². The van der Waals surface area contributed by atoms with Gasteiger partial charge in [-0.1, -0.05) is 47.8 Å². The van der Waals surface area contributed by atoms with Crippen molar-refractivity contribution >= 4 is 103 Å². The first-order chi connectivity index (χ1) is 14.9. The van der Waals surface area contributed by atoms with Gasteiger partial charge in [-0.2, -0.15) is 4.57 Å². The molecule has 0 unspecified atom stereocenters. The molecule has 11 heteroatoms. The zero-order valence-corrected chi connectivity index (χ0v) is 27.2. The van der Waals surface area contributed by atoms with Crippen LogP contribution in [0.2, 0.25) is 0 Å². The summed E-state index contributed by atoms with van der Waals surface area (Å²) >= 11 is 20.8. The Bertz CT molecular complexity index is 1030. The van der Waals surface area contributed by atoms with Gasteiger partial charge >= 0.3 is 7.82 Å². The summed E-state index contributed by atoms with van der Waals surface area (Å²) in [5, 5.41) is 0. The third-order valence-corrected chi connectivity index (χ3v) is 8.55. The van der Waals surface area contributed by atoms with E-state index in [1.807, 2.05) is 39.0 Å². The number of phosphoric acid groups is 1. The Kier molecular flexibility index (Phi) is 9.06. The number of hydrogen-bond donors (Lipinski definition) is 0. The molecule has 0 aliphatic rings. The molecule has 0 aromatic heterocycles. The van der Waals surface area contributed by atoms with Crippen LogP contribution >= 0.6 is 103 Å². The standard InChI is InChI=1S/C21H15Br6O4P/c1-10-4-13(22)7-16(25)19(10)29-32(28,30-20-11(2)5-14(23)8-17(20)26)31-21-12(3)6-15(24)9-18(21)27/h4-9H,1-3H3. The molecule has 0 bridgehead atoms. The van der Waals surface area contributed by atoms with E-state index >= 15 is 0 Å². The van der Waals surface area contributed by atoms with E-state index in [0.29, 0.717) is 30.7 Å². The number of aryl methyl sites for hydroxylation is 3. The number of rotatable bonds is 6. The van der Waals surface area contributed by atoms with Crippen molar-refractivity contribution in [2.24, 2.45) is 0 Å². The SMILES string of the molecule is Cc1cc(Br)cc(Br)c1OP(=O)(Oc1c(C)cc(Br)cc1Br)Oc1c(C)cc(Br)cc1Br. The van der Waals surface area contributed by atoms with Crippen LogP contribution < -0.4 is 13.6 Å². The lowest BCUT2D eigenvalue weighted by Crippen LogP contribution is -2.10. The van der Waals surface area contributed by atoms with E-state index in [9.17, 15) is 4.57 Å². The Hall–Kier alpha value is 0.170. The van der Waals surface area contributed by atoms with Crippen molar-refractivity contribution < 1.29 is 18.1 Å². The molecule has 32 heavy (non-hydrogen) atoms. The molecule has 0 aliphatic carbocycles. The Labute approximate surface area is 237 Å². The van der Waals surface area contributed by atoms with Crippen LogP contribution in [-0.2, 0) is 4.57 Å². The molecular formula is C21H15Br6O4P. The van der Waals surface area contributed by atoms with Crippen LogP contribution in [0.3, 0.4) is 0 Å². The van der Waals surface area contributed by atoms with Crippen LogP contribution in [0, 0.1) is 20.8 Å². The summed E-state index contributed by atoms with van der Waals surface area (Å²) in [5.74, 6) is 1.06. The van der Waals surface area contributed by atoms with E-state index in [-0.39, 0.29) is 0 Å². The molecule has 0 aliphatic heterocycles. The second kappa shape index (κ2) is 10.8. The molecule has 4 nitrogen and oxygen atoms in total. The fourth-order valence-electron chi connectivity index (χ4n) is 2.81. The van der Waals surface area contributed by atoms with Crippen LogP contribution in [0.1, 0.15) is 16.7 Å². The lowest BCUT2D eigenvalue weighted by atomic mass is 10.2. The molecule has 3 aromatic carbocycles. The molecule has 0 N–H and O–H groups in total. The van der Waals surface area contributed by atoms with Gasteiger partial charge in [0.2, 0.25) is 0 Å². The topological polar surface area (TPSA) is 44.8 Å². The Morgan fingerprint density at radius 1 is 0.531 bits per heavy atom. The van der Waals surface area contributed by atoms with Gasteiger partial charge in [0.15, 0.2) is 17.2 Å². The van der Waals surface area contributed by atoms with Crippen molar-refractivity contribution in [2.45, 2.75) is 20.8 Å². The third-order valence-electron chi connectivity index (χ3n) is 4.19. The van der Waals surface area contributed by atoms with Crippen molar-refractivity contribution in [3.05, 3.63) is 79.9 Å². The van der Waals surface area contributed by atoms with Gasteiger partial charge in [-0.25, -0.2) is 0 Å². The lowest BCUT2D eigenvalue weighted by Gasteiger charge is -2.23. The van der Waals surface area contributed by atoms with Gasteiger partial charge in [-0.15, -0.1) is 0 Å². The Morgan fingerprint density at radius 2 is 0.781 bits per heavy atom. The van der Waals surface area contributed by atoms with Gasteiger partial charge < -0.3 is 13.6 Å². The first-order valence-electron chi connectivity index (χ1n) is 8.94. The maximum atomic E-state index is 14.1. The second-order valence-electron chi connectivity index (χ2n) is 6.82. The highest BCUT2D eigenvalue weighted by Gasteiger charge is 2.37. The molecule has 170 valence electrons. The van der Waals surface area contributed by atoms with Gasteiger partial charge in [0.1, 0.15) is 0 Å². The molecule has 0 saturated heterocycles. The molecular weight excluding hydrogens is 827 g/mol. The number of benzene rings is 3. The summed E-state index contributed by atoms with van der Waals surface area (Å²) in [6.07, 6.45) is 0. The van der Waals surface area contributed by atoms with Crippen LogP contribution in [-0.4, -0.2) is 0 Å². The van der Waals surface area contributed by atoms with E-state index in [1.165, 1.54) is 0 Å². The first kappa shape index (κ1) is 26.8. The molecule has 3 rings (SSSR count). The van der Waals surface area contributed by atoms with Crippen LogP contribution in [0.15, 0.2) is 63.2 Å². The van der Waals surface area contributed by atoms with Crippen LogP contribution in [0.4, 0.5) is 0 Å². The van der Waals surface area contributed by atoms with Crippen LogP contribution in [0.5, 0.6) is 17.2 Å². The largest absolute Gasteiger partial charge is 0.647 e. The molecule has 0 amide bonds. The third kappa shape index (κ3) is 6.43.